The number of ether oxygens (including phenoxy) is 4. The number of methoxy groups -OCH3 is 1. The highest BCUT2D eigenvalue weighted by atomic mass is 16.6. The Morgan fingerprint density at radius 2 is 2.00 bits per heavy atom. The predicted molar refractivity (Wildman–Crippen MR) is 163 cm³/mol. The Morgan fingerprint density at radius 3 is 2.77 bits per heavy atom. The Morgan fingerprint density at radius 1 is 1.16 bits per heavy atom. The van der Waals surface area contributed by atoms with Gasteiger partial charge in [0, 0.05) is 37.0 Å². The van der Waals surface area contributed by atoms with E-state index in [2.05, 4.69) is 17.1 Å². The zero-order valence-corrected chi connectivity index (χ0v) is 25.5. The fourth-order valence-electron chi connectivity index (χ4n) is 6.73. The van der Waals surface area contributed by atoms with Crippen molar-refractivity contribution < 1.29 is 38.7 Å². The molecule has 2 aromatic carbocycles. The largest absolute Gasteiger partial charge is 0.496 e. The number of ketones is 1. The van der Waals surface area contributed by atoms with Crippen molar-refractivity contribution in [2.45, 2.75) is 76.4 Å². The summed E-state index contributed by atoms with van der Waals surface area (Å²) in [5.74, 6) is 0.829. The van der Waals surface area contributed by atoms with Crippen LogP contribution in [-0.2, 0) is 20.7 Å². The molecule has 0 saturated heterocycles. The summed E-state index contributed by atoms with van der Waals surface area (Å²) in [5.41, 5.74) is 3.16. The van der Waals surface area contributed by atoms with Crippen LogP contribution in [0.5, 0.6) is 17.2 Å². The fourth-order valence-corrected chi connectivity index (χ4v) is 6.73. The van der Waals surface area contributed by atoms with Crippen LogP contribution in [0.4, 0.5) is 0 Å². The molecule has 6 rings (SSSR count). The molecule has 0 amide bonds. The van der Waals surface area contributed by atoms with Crippen LogP contribution in [0.3, 0.4) is 0 Å². The van der Waals surface area contributed by atoms with E-state index in [-0.39, 0.29) is 30.7 Å². The SMILES string of the molecule is CCOC(=O)C1=CC(=C2CCC(=O)C(c3ccc4c(c3)=CCN=4)C2)c2c(cc3c(c2OC)CC(C(C)(O)CCCCO)O3)O1. The minimum atomic E-state index is -1.13. The van der Waals surface area contributed by atoms with Gasteiger partial charge in [-0.05, 0) is 80.5 Å². The Kier molecular flexibility index (Phi) is 8.35. The number of aliphatic hydroxyl groups excluding tert-OH is 1. The first kappa shape index (κ1) is 30.1. The number of Topliss-reactive ketones (excluding diaryl/α,β-unsaturated/α-hetero) is 1. The van der Waals surface area contributed by atoms with E-state index in [4.69, 9.17) is 18.9 Å². The van der Waals surface area contributed by atoms with Crippen LogP contribution in [-0.4, -0.2) is 60.5 Å². The van der Waals surface area contributed by atoms with Gasteiger partial charge in [-0.2, -0.15) is 0 Å². The third kappa shape index (κ3) is 5.55. The number of rotatable bonds is 9. The van der Waals surface area contributed by atoms with Crippen LogP contribution in [0.15, 0.2) is 46.7 Å². The number of aliphatic hydroxyl groups is 2. The van der Waals surface area contributed by atoms with E-state index in [1.165, 1.54) is 0 Å². The molecule has 0 bridgehead atoms. The molecule has 0 aromatic heterocycles. The molecule has 1 aliphatic carbocycles. The zero-order valence-electron chi connectivity index (χ0n) is 25.5. The standard InChI is InChI=1S/C35H39NO8/c1-4-42-34(39)30-17-24(21-8-10-27(38)23(16-21)20-7-9-26-22(15-20)11-13-36-26)32-29(43-30)19-28-25(33(32)41-3)18-31(44-28)35(2,40)12-5-6-14-37/h7,9,11,15,17,19,23,31,37,40H,4-6,8,10,12-14,16,18H2,1-3H3. The predicted octanol–water partition coefficient (Wildman–Crippen LogP) is 3.46. The third-order valence-corrected chi connectivity index (χ3v) is 9.12. The lowest BCUT2D eigenvalue weighted by atomic mass is 9.77. The van der Waals surface area contributed by atoms with E-state index in [1.807, 2.05) is 12.1 Å². The lowest BCUT2D eigenvalue weighted by molar-refractivity contribution is -0.141. The van der Waals surface area contributed by atoms with Gasteiger partial charge in [-0.1, -0.05) is 17.7 Å². The number of esters is 1. The Labute approximate surface area is 256 Å². The van der Waals surface area contributed by atoms with Gasteiger partial charge >= 0.3 is 5.97 Å². The fraction of sp³-hybridized carbons (Fsp3) is 0.457. The van der Waals surface area contributed by atoms with Crippen molar-refractivity contribution in [3.63, 3.8) is 0 Å². The molecule has 1 fully saturated rings. The topological polar surface area (TPSA) is 124 Å². The van der Waals surface area contributed by atoms with Gasteiger partial charge < -0.3 is 29.2 Å². The smallest absolute Gasteiger partial charge is 0.374 e. The molecule has 3 aliphatic heterocycles. The maximum Gasteiger partial charge on any atom is 0.374 e. The van der Waals surface area contributed by atoms with Crippen LogP contribution in [0.25, 0.3) is 11.6 Å². The Hall–Kier alpha value is -3.95. The zero-order chi connectivity index (χ0) is 31.0. The van der Waals surface area contributed by atoms with E-state index in [0.717, 1.165) is 32.8 Å². The van der Waals surface area contributed by atoms with Crippen molar-refractivity contribution in [2.75, 3.05) is 26.9 Å². The highest BCUT2D eigenvalue weighted by Gasteiger charge is 2.42. The molecule has 0 spiro atoms. The summed E-state index contributed by atoms with van der Waals surface area (Å²) in [6, 6.07) is 7.80. The Bertz CT molecular complexity index is 1680. The second kappa shape index (κ2) is 12.2. The summed E-state index contributed by atoms with van der Waals surface area (Å²) in [4.78, 5) is 30.7. The summed E-state index contributed by atoms with van der Waals surface area (Å²) in [6.45, 7) is 4.41. The van der Waals surface area contributed by atoms with Crippen molar-refractivity contribution in [3.05, 3.63) is 68.9 Å². The van der Waals surface area contributed by atoms with Crippen molar-refractivity contribution in [1.29, 1.82) is 0 Å². The summed E-state index contributed by atoms with van der Waals surface area (Å²) >= 11 is 0. The van der Waals surface area contributed by atoms with Crippen molar-refractivity contribution in [1.82, 2.24) is 0 Å². The molecule has 44 heavy (non-hydrogen) atoms. The summed E-state index contributed by atoms with van der Waals surface area (Å²) in [7, 11) is 1.59. The number of hydrogen-bond acceptors (Lipinski definition) is 9. The summed E-state index contributed by atoms with van der Waals surface area (Å²) in [5, 5.41) is 22.5. The number of hydrogen-bond donors (Lipinski definition) is 2. The quantitative estimate of drug-likeness (QED) is 0.331. The number of fused-ring (bicyclic) bond motifs is 3. The summed E-state index contributed by atoms with van der Waals surface area (Å²) < 4.78 is 23.8. The van der Waals surface area contributed by atoms with Crippen LogP contribution < -0.4 is 24.8 Å². The number of nitrogens with zero attached hydrogens (tertiary/aromatic N) is 1. The average molecular weight is 602 g/mol. The number of carbonyl (C=O) groups excluding carboxylic acids is 2. The molecule has 1 saturated carbocycles. The molecule has 3 unspecified atom stereocenters. The lowest BCUT2D eigenvalue weighted by Crippen LogP contribution is -2.42. The molecular weight excluding hydrogens is 562 g/mol. The maximum absolute atomic E-state index is 13.3. The lowest BCUT2D eigenvalue weighted by Gasteiger charge is -2.29. The van der Waals surface area contributed by atoms with Gasteiger partial charge in [0.1, 0.15) is 29.1 Å². The highest BCUT2D eigenvalue weighted by molar-refractivity contribution is 5.98. The normalized spacial score (nSPS) is 23.1. The molecular formula is C35H39NO8. The van der Waals surface area contributed by atoms with E-state index < -0.39 is 17.7 Å². The Balaban J connectivity index is 1.43. The molecule has 0 radical (unpaired) electrons. The maximum atomic E-state index is 13.3. The number of unbranched alkanes of at least 4 members (excludes halogenated alkanes) is 1. The van der Waals surface area contributed by atoms with E-state index in [0.29, 0.717) is 74.3 Å². The van der Waals surface area contributed by atoms with E-state index in [9.17, 15) is 19.8 Å². The number of benzene rings is 2. The molecule has 232 valence electrons. The minimum Gasteiger partial charge on any atom is -0.496 e. The van der Waals surface area contributed by atoms with E-state index in [1.54, 1.807) is 33.1 Å². The first-order valence-electron chi connectivity index (χ1n) is 15.4. The monoisotopic (exact) mass is 601 g/mol. The van der Waals surface area contributed by atoms with Crippen LogP contribution >= 0.6 is 0 Å². The second-order valence-corrected chi connectivity index (χ2v) is 12.0. The van der Waals surface area contributed by atoms with Gasteiger partial charge in [-0.25, -0.2) is 4.79 Å². The molecule has 9 nitrogen and oxygen atoms in total. The van der Waals surface area contributed by atoms with Crippen LogP contribution in [0.2, 0.25) is 0 Å². The molecule has 3 heterocycles. The summed E-state index contributed by atoms with van der Waals surface area (Å²) in [6.07, 6.45) is 6.83. The van der Waals surface area contributed by atoms with Crippen molar-refractivity contribution >= 4 is 23.4 Å². The van der Waals surface area contributed by atoms with Crippen molar-refractivity contribution in [3.8, 4) is 17.2 Å². The molecule has 9 heteroatoms. The molecule has 2 aromatic rings. The van der Waals surface area contributed by atoms with Crippen LogP contribution in [0.1, 0.15) is 75.0 Å². The third-order valence-electron chi connectivity index (χ3n) is 9.12. The number of carbonyl (C=O) groups is 2. The molecule has 3 atom stereocenters. The van der Waals surface area contributed by atoms with Gasteiger partial charge in [-0.15, -0.1) is 0 Å². The van der Waals surface area contributed by atoms with Crippen molar-refractivity contribution in [2.24, 2.45) is 4.99 Å². The van der Waals surface area contributed by atoms with Gasteiger partial charge in [0.05, 0.1) is 36.8 Å². The minimum absolute atomic E-state index is 0.0524. The molecule has 4 aliphatic rings. The highest BCUT2D eigenvalue weighted by Crippen LogP contribution is 2.52. The first-order valence-corrected chi connectivity index (χ1v) is 15.4. The average Bonchev–Trinajstić information content (AvgIpc) is 3.67. The van der Waals surface area contributed by atoms with Crippen LogP contribution in [0, 0.1) is 0 Å². The van der Waals surface area contributed by atoms with E-state index >= 15 is 0 Å². The molecule has 2 N–H and O–H groups in total. The van der Waals surface area contributed by atoms with Gasteiger partial charge in [-0.3, -0.25) is 9.79 Å². The van der Waals surface area contributed by atoms with Gasteiger partial charge in [0.2, 0.25) is 5.76 Å². The van der Waals surface area contributed by atoms with Gasteiger partial charge in [0.25, 0.3) is 0 Å². The first-order chi connectivity index (χ1) is 21.2. The van der Waals surface area contributed by atoms with Gasteiger partial charge in [0.15, 0.2) is 0 Å². The second-order valence-electron chi connectivity index (χ2n) is 12.0. The number of allylic oxidation sites excluding steroid dienone is 3.